The number of allylic oxidation sites excluding steroid dienone is 2. The van der Waals surface area contributed by atoms with Gasteiger partial charge in [-0.3, -0.25) is 9.59 Å². The van der Waals surface area contributed by atoms with Gasteiger partial charge >= 0.3 is 0 Å². The number of hydrogen-bond acceptors (Lipinski definition) is 21. The highest BCUT2D eigenvalue weighted by molar-refractivity contribution is 6.10. The van der Waals surface area contributed by atoms with Crippen LogP contribution in [0.15, 0.2) is 48.6 Å². The van der Waals surface area contributed by atoms with Gasteiger partial charge < -0.3 is 94.1 Å². The molecule has 1 unspecified atom stereocenters. The summed E-state index contributed by atoms with van der Waals surface area (Å²) in [6.07, 6.45) is -19.3. The number of hydrogen-bond donors (Lipinski definition) is 11. The third-order valence-electron chi connectivity index (χ3n) is 9.94. The second-order valence-corrected chi connectivity index (χ2v) is 14.0. The lowest BCUT2D eigenvalue weighted by molar-refractivity contribution is -0.352. The van der Waals surface area contributed by atoms with E-state index in [2.05, 4.69) is 0 Å². The topological polar surface area (TPSA) is 331 Å². The predicted octanol–water partition coefficient (Wildman–Crippen LogP) is -3.86. The summed E-state index contributed by atoms with van der Waals surface area (Å²) in [7, 11) is 2.65. The number of aliphatic hydroxyl groups excluding tert-OH is 11. The van der Waals surface area contributed by atoms with Crippen molar-refractivity contribution in [3.8, 4) is 23.0 Å². The molecule has 0 aliphatic carbocycles. The van der Waals surface area contributed by atoms with Gasteiger partial charge in [0.1, 0.15) is 73.2 Å². The quantitative estimate of drug-likeness (QED) is 0.0536. The molecule has 332 valence electrons. The molecule has 11 N–H and O–H groups in total. The highest BCUT2D eigenvalue weighted by Crippen LogP contribution is 2.35. The van der Waals surface area contributed by atoms with Crippen LogP contribution in [0.1, 0.15) is 17.5 Å². The monoisotopic (exact) mass is 854 g/mol. The van der Waals surface area contributed by atoms with Crippen LogP contribution in [-0.4, -0.2) is 194 Å². The number of aliphatic hydroxyl groups is 11. The minimum Gasteiger partial charge on any atom is -0.493 e. The number of carbonyl (C=O) groups is 2. The van der Waals surface area contributed by atoms with Crippen LogP contribution >= 0.6 is 0 Å². The Morgan fingerprint density at radius 3 is 1.37 bits per heavy atom. The van der Waals surface area contributed by atoms with Gasteiger partial charge in [-0.2, -0.15) is 0 Å². The van der Waals surface area contributed by atoms with Crippen molar-refractivity contribution in [2.45, 2.75) is 98.5 Å². The molecule has 2 aromatic rings. The average molecular weight is 855 g/mol. The molecular weight excluding hydrogens is 804 g/mol. The molecule has 21 heteroatoms. The Labute approximate surface area is 342 Å². The number of benzene rings is 2. The number of carbonyl (C=O) groups excluding carboxylic acids is 2. The molecule has 15 atom stereocenters. The molecule has 0 aromatic heterocycles. The number of methoxy groups -OCH3 is 2. The van der Waals surface area contributed by atoms with Crippen molar-refractivity contribution in [1.29, 1.82) is 0 Å². The summed E-state index contributed by atoms with van der Waals surface area (Å²) in [6.45, 7) is -2.15. The van der Waals surface area contributed by atoms with E-state index in [0.29, 0.717) is 11.1 Å². The van der Waals surface area contributed by atoms with Crippen LogP contribution in [0.25, 0.3) is 12.2 Å². The Bertz CT molecular complexity index is 1800. The number of ketones is 2. The molecule has 21 nitrogen and oxygen atoms in total. The van der Waals surface area contributed by atoms with Crippen molar-refractivity contribution in [3.05, 3.63) is 59.7 Å². The van der Waals surface area contributed by atoms with Crippen molar-refractivity contribution in [2.75, 3.05) is 34.0 Å². The Kier molecular flexibility index (Phi) is 16.5. The van der Waals surface area contributed by atoms with Crippen LogP contribution in [-0.2, 0) is 28.5 Å². The highest BCUT2D eigenvalue weighted by atomic mass is 16.7. The summed E-state index contributed by atoms with van der Waals surface area (Å²) in [6, 6.07) is 8.87. The zero-order chi connectivity index (χ0) is 43.8. The molecular formula is C39H50O21. The van der Waals surface area contributed by atoms with Crippen LogP contribution in [0.4, 0.5) is 0 Å². The summed E-state index contributed by atoms with van der Waals surface area (Å²) in [5, 5.41) is 112. The Balaban J connectivity index is 1.18. The molecule has 3 fully saturated rings. The molecule has 3 heterocycles. The van der Waals surface area contributed by atoms with E-state index in [1.54, 1.807) is 6.07 Å². The van der Waals surface area contributed by atoms with Gasteiger partial charge in [-0.1, -0.05) is 24.3 Å². The summed E-state index contributed by atoms with van der Waals surface area (Å²) in [5.41, 5.74) is 0.913. The van der Waals surface area contributed by atoms with Gasteiger partial charge in [0.25, 0.3) is 0 Å². The van der Waals surface area contributed by atoms with E-state index in [1.807, 2.05) is 0 Å². The molecule has 0 spiro atoms. The minimum atomic E-state index is -1.85. The fraction of sp³-hybridized carbons (Fsp3) is 0.538. The summed E-state index contributed by atoms with van der Waals surface area (Å²) >= 11 is 0. The zero-order valence-electron chi connectivity index (χ0n) is 32.3. The Hall–Kier alpha value is -4.14. The van der Waals surface area contributed by atoms with Gasteiger partial charge in [-0.05, 0) is 47.5 Å². The van der Waals surface area contributed by atoms with Crippen molar-refractivity contribution in [2.24, 2.45) is 0 Å². The van der Waals surface area contributed by atoms with Gasteiger partial charge in [0.05, 0.1) is 40.5 Å². The first-order chi connectivity index (χ1) is 28.6. The van der Waals surface area contributed by atoms with Crippen molar-refractivity contribution < 1.29 is 104 Å². The maximum atomic E-state index is 12.7. The maximum Gasteiger partial charge on any atom is 0.229 e. The van der Waals surface area contributed by atoms with Gasteiger partial charge in [0.2, 0.25) is 12.6 Å². The fourth-order valence-corrected chi connectivity index (χ4v) is 6.50. The molecule has 0 radical (unpaired) electrons. The van der Waals surface area contributed by atoms with Crippen LogP contribution in [0.2, 0.25) is 0 Å². The van der Waals surface area contributed by atoms with Gasteiger partial charge in [0.15, 0.2) is 40.9 Å². The number of ether oxygens (including phenoxy) is 8. The summed E-state index contributed by atoms with van der Waals surface area (Å²) in [5.74, 6) is -0.716. The van der Waals surface area contributed by atoms with Crippen LogP contribution in [0.3, 0.4) is 0 Å². The second-order valence-electron chi connectivity index (χ2n) is 14.0. The molecule has 5 rings (SSSR count). The lowest BCUT2D eigenvalue weighted by Gasteiger charge is -2.45. The van der Waals surface area contributed by atoms with Gasteiger partial charge in [-0.25, -0.2) is 0 Å². The molecule has 3 aliphatic heterocycles. The second kappa shape index (κ2) is 21.1. The maximum absolute atomic E-state index is 12.7. The van der Waals surface area contributed by atoms with E-state index in [9.17, 15) is 65.8 Å². The smallest absolute Gasteiger partial charge is 0.229 e. The average Bonchev–Trinajstić information content (AvgIpc) is 3.25. The third-order valence-corrected chi connectivity index (χ3v) is 9.94. The van der Waals surface area contributed by atoms with E-state index < -0.39 is 130 Å². The molecule has 60 heavy (non-hydrogen) atoms. The molecule has 0 bridgehead atoms. The van der Waals surface area contributed by atoms with E-state index in [1.165, 1.54) is 68.9 Å². The standard InChI is InChI=1S/C39H50O21/c1-53-23-11-17(5-9-21(23)55-37-33(50)31(48)28(45)25(14-40)57-37)3-7-19(43)13-20(44)8-4-18-6-10-22(24(12-18)54-2)56-39-35(52)36(30(47)27(16-42)59-39)60-38-34(51)32(49)29(46)26(15-41)58-38/h3-12,25-42,45-52H,13-16H2,1-2H3/b7-3+,8-4+/t25-,26-,27-,28-,29-,30-,31+,32+,33-,34-,35-,36+,37?,38+,39-/m1/s1. The van der Waals surface area contributed by atoms with Crippen molar-refractivity contribution in [1.82, 2.24) is 0 Å². The normalized spacial score (nSPS) is 34.7. The van der Waals surface area contributed by atoms with Crippen molar-refractivity contribution in [3.63, 3.8) is 0 Å². The molecule has 0 saturated carbocycles. The number of rotatable bonds is 17. The van der Waals surface area contributed by atoms with Crippen LogP contribution in [0.5, 0.6) is 23.0 Å². The Morgan fingerprint density at radius 2 is 0.933 bits per heavy atom. The molecule has 3 aliphatic rings. The largest absolute Gasteiger partial charge is 0.493 e. The molecule has 2 aromatic carbocycles. The third kappa shape index (κ3) is 10.8. The first kappa shape index (κ1) is 46.9. The van der Waals surface area contributed by atoms with Crippen molar-refractivity contribution >= 4 is 23.7 Å². The predicted molar refractivity (Wildman–Crippen MR) is 200 cm³/mol. The fourth-order valence-electron chi connectivity index (χ4n) is 6.50. The zero-order valence-corrected chi connectivity index (χ0v) is 32.3. The first-order valence-electron chi connectivity index (χ1n) is 18.6. The van der Waals surface area contributed by atoms with E-state index in [-0.39, 0.29) is 23.0 Å². The molecule has 3 saturated heterocycles. The SMILES string of the molecule is COc1cc(/C=C/C(=O)CC(=O)/C=C/c2ccc(O[C@@H]3O[C@H](CO)[C@@H](O)[C@H](O[C@@H]4O[C@H](CO)[C@@H](O)[C@H](O)[C@H]4O)[C@H]3O)c(OC)c2)ccc1OC1O[C@H](CO)[C@@H](O)[C@H](O)[C@H]1O. The summed E-state index contributed by atoms with van der Waals surface area (Å²) < 4.78 is 44.1. The lowest BCUT2D eigenvalue weighted by atomic mass is 9.97. The van der Waals surface area contributed by atoms with Gasteiger partial charge in [0, 0.05) is 0 Å². The Morgan fingerprint density at radius 1 is 0.533 bits per heavy atom. The molecule has 0 amide bonds. The van der Waals surface area contributed by atoms with E-state index in [4.69, 9.17) is 37.9 Å². The lowest BCUT2D eigenvalue weighted by Crippen LogP contribution is -2.65. The van der Waals surface area contributed by atoms with E-state index in [0.717, 1.165) is 0 Å². The van der Waals surface area contributed by atoms with Crippen LogP contribution < -0.4 is 18.9 Å². The van der Waals surface area contributed by atoms with Crippen LogP contribution in [0, 0.1) is 0 Å². The van der Waals surface area contributed by atoms with Gasteiger partial charge in [-0.15, -0.1) is 0 Å². The van der Waals surface area contributed by atoms with E-state index >= 15 is 0 Å². The summed E-state index contributed by atoms with van der Waals surface area (Å²) in [4.78, 5) is 25.3. The highest BCUT2D eigenvalue weighted by Gasteiger charge is 2.51. The first-order valence-corrected chi connectivity index (χ1v) is 18.6. The minimum absolute atomic E-state index is 0.00937.